The second-order valence-corrected chi connectivity index (χ2v) is 8.76. The van der Waals surface area contributed by atoms with E-state index in [9.17, 15) is 4.79 Å². The lowest BCUT2D eigenvalue weighted by atomic mass is 10.1. The predicted octanol–water partition coefficient (Wildman–Crippen LogP) is 2.02. The maximum Gasteiger partial charge on any atom is 0.243 e. The molecule has 3 aliphatic rings. The van der Waals surface area contributed by atoms with Crippen LogP contribution in [0.25, 0.3) is 0 Å². The van der Waals surface area contributed by atoms with Gasteiger partial charge in [-0.05, 0) is 57.5 Å². The molecule has 29 heavy (non-hydrogen) atoms. The molecule has 2 atom stereocenters. The van der Waals surface area contributed by atoms with Crippen LogP contribution in [0.5, 0.6) is 0 Å². The molecule has 7 nitrogen and oxygen atoms in total. The number of rotatable bonds is 6. The van der Waals surface area contributed by atoms with Gasteiger partial charge in [-0.1, -0.05) is 6.42 Å². The number of piperidine rings is 1. The zero-order valence-electron chi connectivity index (χ0n) is 18.3. The zero-order chi connectivity index (χ0) is 19.8. The fourth-order valence-electron chi connectivity index (χ4n) is 4.41. The number of ether oxygens (including phenoxy) is 1. The van der Waals surface area contributed by atoms with E-state index in [4.69, 9.17) is 4.74 Å². The van der Waals surface area contributed by atoms with E-state index in [1.807, 2.05) is 0 Å². The monoisotopic (exact) mass is 521 g/mol. The van der Waals surface area contributed by atoms with Crippen molar-refractivity contribution in [3.8, 4) is 0 Å². The van der Waals surface area contributed by atoms with Crippen LogP contribution in [0.1, 0.15) is 44.9 Å². The number of nitrogens with zero attached hydrogens (tertiary/aromatic N) is 4. The number of aliphatic imine (C=N–C) groups is 1. The first-order valence-electron chi connectivity index (χ1n) is 11.2. The molecular weight excluding hydrogens is 481 g/mol. The van der Waals surface area contributed by atoms with Crippen LogP contribution in [0.15, 0.2) is 4.99 Å². The number of hydrogen-bond acceptors (Lipinski definition) is 4. The van der Waals surface area contributed by atoms with Gasteiger partial charge in [0.05, 0.1) is 6.10 Å². The topological polar surface area (TPSA) is 60.4 Å². The average Bonchev–Trinajstić information content (AvgIpc) is 3.17. The Morgan fingerprint density at radius 1 is 1.10 bits per heavy atom. The minimum Gasteiger partial charge on any atom is -0.376 e. The molecule has 3 saturated heterocycles. The Kier molecular flexibility index (Phi) is 11.0. The summed E-state index contributed by atoms with van der Waals surface area (Å²) >= 11 is 0. The predicted molar refractivity (Wildman–Crippen MR) is 128 cm³/mol. The van der Waals surface area contributed by atoms with Gasteiger partial charge in [0.1, 0.15) is 6.54 Å². The molecule has 3 aliphatic heterocycles. The van der Waals surface area contributed by atoms with Crippen molar-refractivity contribution in [3.05, 3.63) is 0 Å². The van der Waals surface area contributed by atoms with E-state index >= 15 is 0 Å². The summed E-state index contributed by atoms with van der Waals surface area (Å²) in [5.74, 6) is 1.61. The Morgan fingerprint density at radius 2 is 1.90 bits per heavy atom. The van der Waals surface area contributed by atoms with Gasteiger partial charge in [-0.2, -0.15) is 0 Å². The Hall–Kier alpha value is -0.610. The van der Waals surface area contributed by atoms with E-state index in [1.54, 1.807) is 19.0 Å². The highest BCUT2D eigenvalue weighted by Crippen LogP contribution is 2.20. The lowest BCUT2D eigenvalue weighted by Crippen LogP contribution is -2.45. The van der Waals surface area contributed by atoms with E-state index in [0.29, 0.717) is 5.92 Å². The summed E-state index contributed by atoms with van der Waals surface area (Å²) < 4.78 is 5.86. The number of carbonyl (C=O) groups is 1. The highest BCUT2D eigenvalue weighted by atomic mass is 127. The number of likely N-dealkylation sites (N-methyl/N-ethyl adjacent to an activating group) is 1. The van der Waals surface area contributed by atoms with Gasteiger partial charge < -0.3 is 24.8 Å². The quantitative estimate of drug-likeness (QED) is 0.329. The lowest BCUT2D eigenvalue weighted by Gasteiger charge is -2.29. The standard InChI is InChI=1S/C21H39N5O2.HI/c1-24(2)20(27)15-23-21(22-14-19-8-4-7-13-28-19)26-12-9-18(17-26)16-25-10-5-3-6-11-25;/h18-19H,3-17H2,1-2H3,(H,22,23);1H. The molecular formula is C21H40IN5O2. The Balaban J connectivity index is 0.00000300. The maximum atomic E-state index is 12.0. The largest absolute Gasteiger partial charge is 0.376 e. The minimum atomic E-state index is 0. The molecule has 3 heterocycles. The molecule has 0 spiro atoms. The van der Waals surface area contributed by atoms with Crippen LogP contribution >= 0.6 is 24.0 Å². The molecule has 168 valence electrons. The Labute approximate surface area is 193 Å². The van der Waals surface area contributed by atoms with Gasteiger partial charge in [-0.15, -0.1) is 24.0 Å². The summed E-state index contributed by atoms with van der Waals surface area (Å²) in [6, 6.07) is 0. The van der Waals surface area contributed by atoms with Gasteiger partial charge in [0.2, 0.25) is 5.91 Å². The Morgan fingerprint density at radius 3 is 2.59 bits per heavy atom. The second kappa shape index (κ2) is 12.9. The maximum absolute atomic E-state index is 12.0. The summed E-state index contributed by atoms with van der Waals surface area (Å²) in [6.07, 6.45) is 9.05. The van der Waals surface area contributed by atoms with Crippen LogP contribution in [-0.2, 0) is 9.53 Å². The first kappa shape index (κ1) is 24.7. The van der Waals surface area contributed by atoms with Crippen LogP contribution in [0, 0.1) is 5.92 Å². The van der Waals surface area contributed by atoms with E-state index in [2.05, 4.69) is 20.1 Å². The van der Waals surface area contributed by atoms with Gasteiger partial charge in [0, 0.05) is 46.9 Å². The molecule has 1 amide bonds. The summed E-state index contributed by atoms with van der Waals surface area (Å²) in [4.78, 5) is 23.3. The summed E-state index contributed by atoms with van der Waals surface area (Å²) in [5.41, 5.74) is 0. The summed E-state index contributed by atoms with van der Waals surface area (Å²) in [7, 11) is 3.57. The van der Waals surface area contributed by atoms with Crippen molar-refractivity contribution in [3.63, 3.8) is 0 Å². The summed E-state index contributed by atoms with van der Waals surface area (Å²) in [5, 5.41) is 3.52. The van der Waals surface area contributed by atoms with E-state index in [0.717, 1.165) is 38.6 Å². The first-order chi connectivity index (χ1) is 13.6. The van der Waals surface area contributed by atoms with Crippen molar-refractivity contribution in [2.75, 3.05) is 66.5 Å². The highest BCUT2D eigenvalue weighted by molar-refractivity contribution is 14.0. The molecule has 3 rings (SSSR count). The number of amides is 1. The van der Waals surface area contributed by atoms with Crippen LogP contribution < -0.4 is 5.32 Å². The number of halogens is 1. The number of carbonyl (C=O) groups excluding carboxylic acids is 1. The fourth-order valence-corrected chi connectivity index (χ4v) is 4.41. The van der Waals surface area contributed by atoms with Crippen molar-refractivity contribution in [2.24, 2.45) is 10.9 Å². The third-order valence-corrected chi connectivity index (χ3v) is 6.18. The number of nitrogens with one attached hydrogen (secondary N) is 1. The molecule has 0 saturated carbocycles. The van der Waals surface area contributed by atoms with E-state index in [1.165, 1.54) is 58.2 Å². The molecule has 0 aromatic carbocycles. The number of likely N-dealkylation sites (tertiary alicyclic amines) is 2. The first-order valence-corrected chi connectivity index (χ1v) is 11.2. The Bertz CT molecular complexity index is 519. The highest BCUT2D eigenvalue weighted by Gasteiger charge is 2.28. The average molecular weight is 521 g/mol. The number of guanidine groups is 1. The molecule has 0 aromatic heterocycles. The molecule has 3 fully saturated rings. The van der Waals surface area contributed by atoms with Crippen LogP contribution in [-0.4, -0.2) is 99.2 Å². The van der Waals surface area contributed by atoms with Gasteiger partial charge >= 0.3 is 0 Å². The van der Waals surface area contributed by atoms with Gasteiger partial charge in [-0.25, -0.2) is 4.99 Å². The fraction of sp³-hybridized carbons (Fsp3) is 0.905. The molecule has 0 aromatic rings. The lowest BCUT2D eigenvalue weighted by molar-refractivity contribution is -0.127. The van der Waals surface area contributed by atoms with Crippen LogP contribution in [0.2, 0.25) is 0 Å². The van der Waals surface area contributed by atoms with Gasteiger partial charge in [0.25, 0.3) is 0 Å². The molecule has 0 radical (unpaired) electrons. The van der Waals surface area contributed by atoms with Crippen LogP contribution in [0.4, 0.5) is 0 Å². The van der Waals surface area contributed by atoms with Gasteiger partial charge in [0.15, 0.2) is 5.96 Å². The number of hydrogen-bond donors (Lipinski definition) is 1. The van der Waals surface area contributed by atoms with Crippen molar-refractivity contribution in [2.45, 2.75) is 51.0 Å². The SMILES string of the molecule is CN(C)C(=O)CN=C(NCC1CCCCO1)N1CCC(CN2CCCCC2)C1.I. The van der Waals surface area contributed by atoms with Crippen molar-refractivity contribution in [1.82, 2.24) is 20.0 Å². The third kappa shape index (κ3) is 8.20. The zero-order valence-corrected chi connectivity index (χ0v) is 20.6. The smallest absolute Gasteiger partial charge is 0.243 e. The molecule has 8 heteroatoms. The van der Waals surface area contributed by atoms with Crippen LogP contribution in [0.3, 0.4) is 0 Å². The summed E-state index contributed by atoms with van der Waals surface area (Å²) in [6.45, 7) is 7.61. The molecule has 0 aliphatic carbocycles. The minimum absolute atomic E-state index is 0. The molecule has 0 bridgehead atoms. The van der Waals surface area contributed by atoms with E-state index in [-0.39, 0.29) is 42.5 Å². The normalized spacial score (nSPS) is 26.1. The second-order valence-electron chi connectivity index (χ2n) is 8.76. The third-order valence-electron chi connectivity index (χ3n) is 6.18. The molecule has 2 unspecified atom stereocenters. The van der Waals surface area contributed by atoms with E-state index < -0.39 is 0 Å². The molecule has 1 N–H and O–H groups in total. The van der Waals surface area contributed by atoms with Gasteiger partial charge in [-0.3, -0.25) is 4.79 Å². The van der Waals surface area contributed by atoms with Crippen molar-refractivity contribution >= 4 is 35.8 Å². The van der Waals surface area contributed by atoms with Crippen molar-refractivity contribution in [1.29, 1.82) is 0 Å². The van der Waals surface area contributed by atoms with Crippen molar-refractivity contribution < 1.29 is 9.53 Å².